The maximum Gasteiger partial charge on any atom is 0.282 e. The first kappa shape index (κ1) is 5.22. The van der Waals surface area contributed by atoms with Gasteiger partial charge < -0.3 is 9.52 Å². The molecule has 0 aliphatic rings. The minimum absolute atomic E-state index is 0.000000000000000222. The molecule has 0 aliphatic heterocycles. The van der Waals surface area contributed by atoms with E-state index in [2.05, 4.69) is 0 Å². The Hall–Kier alpha value is -0.920. The molecule has 0 unspecified atom stereocenters. The van der Waals surface area contributed by atoms with E-state index in [0.717, 1.165) is 11.3 Å². The predicted molar refractivity (Wildman–Crippen MR) is 29.8 cm³/mol. The SMILES string of the molecule is Cc1cc(O)oc1C. The van der Waals surface area contributed by atoms with E-state index in [4.69, 9.17) is 9.52 Å². The molecule has 0 spiro atoms. The number of aromatic hydroxyl groups is 1. The van der Waals surface area contributed by atoms with Crippen molar-refractivity contribution in [3.8, 4) is 5.95 Å². The standard InChI is InChI=1S/C6H8O2/c1-4-3-6(7)8-5(4)2/h3,7H,1-2H3. The van der Waals surface area contributed by atoms with E-state index in [9.17, 15) is 0 Å². The Kier molecular flexibility index (Phi) is 1.01. The summed E-state index contributed by atoms with van der Waals surface area (Å²) in [5.74, 6) is 0.780. The highest BCUT2D eigenvalue weighted by Crippen LogP contribution is 2.17. The van der Waals surface area contributed by atoms with E-state index in [1.54, 1.807) is 6.07 Å². The zero-order chi connectivity index (χ0) is 6.15. The van der Waals surface area contributed by atoms with Crippen molar-refractivity contribution in [3.63, 3.8) is 0 Å². The van der Waals surface area contributed by atoms with Crippen LogP contribution < -0.4 is 0 Å². The molecule has 2 nitrogen and oxygen atoms in total. The fourth-order valence-electron chi connectivity index (χ4n) is 0.554. The molecule has 1 aromatic rings. The van der Waals surface area contributed by atoms with Gasteiger partial charge in [-0.1, -0.05) is 0 Å². The van der Waals surface area contributed by atoms with Gasteiger partial charge in [0.25, 0.3) is 5.95 Å². The molecule has 0 aliphatic carbocycles. The van der Waals surface area contributed by atoms with Crippen LogP contribution in [0.2, 0.25) is 0 Å². The lowest BCUT2D eigenvalue weighted by Gasteiger charge is -1.79. The Balaban J connectivity index is 3.14. The molecule has 8 heavy (non-hydrogen) atoms. The van der Waals surface area contributed by atoms with Crippen molar-refractivity contribution in [2.24, 2.45) is 0 Å². The molecule has 0 radical (unpaired) electrons. The minimum Gasteiger partial charge on any atom is -0.481 e. The zero-order valence-electron chi connectivity index (χ0n) is 4.93. The summed E-state index contributed by atoms with van der Waals surface area (Å²) in [6, 6.07) is 1.59. The summed E-state index contributed by atoms with van der Waals surface area (Å²) in [5, 5.41) is 8.67. The second kappa shape index (κ2) is 1.54. The highest BCUT2D eigenvalue weighted by atomic mass is 16.5. The number of rotatable bonds is 0. The van der Waals surface area contributed by atoms with Crippen molar-refractivity contribution in [1.29, 1.82) is 0 Å². The van der Waals surface area contributed by atoms with Gasteiger partial charge in [-0.15, -0.1) is 0 Å². The first-order valence-electron chi connectivity index (χ1n) is 2.46. The van der Waals surface area contributed by atoms with Crippen LogP contribution in [0.5, 0.6) is 5.95 Å². The van der Waals surface area contributed by atoms with Crippen LogP contribution in [0, 0.1) is 13.8 Å². The van der Waals surface area contributed by atoms with E-state index in [0.29, 0.717) is 0 Å². The molecule has 0 saturated carbocycles. The molecule has 0 saturated heterocycles. The van der Waals surface area contributed by atoms with Crippen LogP contribution >= 0.6 is 0 Å². The second-order valence-electron chi connectivity index (χ2n) is 1.82. The van der Waals surface area contributed by atoms with Crippen molar-refractivity contribution in [2.75, 3.05) is 0 Å². The molecule has 0 atom stereocenters. The molecule has 1 heterocycles. The van der Waals surface area contributed by atoms with Crippen LogP contribution in [0.15, 0.2) is 10.5 Å². The first-order valence-corrected chi connectivity index (χ1v) is 2.46. The highest BCUT2D eigenvalue weighted by Gasteiger charge is 1.97. The molecule has 1 rings (SSSR count). The average Bonchev–Trinajstić information content (AvgIpc) is 1.85. The zero-order valence-corrected chi connectivity index (χ0v) is 4.93. The lowest BCUT2D eigenvalue weighted by atomic mass is 10.3. The van der Waals surface area contributed by atoms with Crippen LogP contribution in [0.4, 0.5) is 0 Å². The molecule has 2 heteroatoms. The fourth-order valence-corrected chi connectivity index (χ4v) is 0.554. The third-order valence-electron chi connectivity index (χ3n) is 1.15. The third kappa shape index (κ3) is 0.689. The molecule has 0 bridgehead atoms. The van der Waals surface area contributed by atoms with Crippen molar-refractivity contribution in [2.45, 2.75) is 13.8 Å². The quantitative estimate of drug-likeness (QED) is 0.553. The number of hydrogen-bond donors (Lipinski definition) is 1. The lowest BCUT2D eigenvalue weighted by molar-refractivity contribution is 0.324. The molecule has 0 fully saturated rings. The molecular formula is C6H8O2. The first-order chi connectivity index (χ1) is 3.70. The minimum atomic E-state index is 0.000000000000000222. The van der Waals surface area contributed by atoms with Gasteiger partial charge in [-0.2, -0.15) is 0 Å². The summed E-state index contributed by atoms with van der Waals surface area (Å²) in [6.45, 7) is 3.70. The monoisotopic (exact) mass is 112 g/mol. The average molecular weight is 112 g/mol. The number of aryl methyl sites for hydroxylation is 2. The Morgan fingerprint density at radius 1 is 1.50 bits per heavy atom. The van der Waals surface area contributed by atoms with Crippen molar-refractivity contribution in [3.05, 3.63) is 17.4 Å². The summed E-state index contributed by atoms with van der Waals surface area (Å²) in [6.07, 6.45) is 0. The van der Waals surface area contributed by atoms with E-state index < -0.39 is 0 Å². The van der Waals surface area contributed by atoms with Crippen molar-refractivity contribution < 1.29 is 9.52 Å². The number of hydrogen-bond acceptors (Lipinski definition) is 2. The second-order valence-corrected chi connectivity index (χ2v) is 1.82. The van der Waals surface area contributed by atoms with Crippen LogP contribution in [-0.2, 0) is 0 Å². The van der Waals surface area contributed by atoms with Gasteiger partial charge in [0.1, 0.15) is 5.76 Å². The normalized spacial score (nSPS) is 9.75. The molecule has 0 aromatic carbocycles. The van der Waals surface area contributed by atoms with Gasteiger partial charge in [-0.3, -0.25) is 0 Å². The highest BCUT2D eigenvalue weighted by molar-refractivity contribution is 5.20. The maximum atomic E-state index is 8.67. The van der Waals surface area contributed by atoms with Gasteiger partial charge in [-0.05, 0) is 19.4 Å². The largest absolute Gasteiger partial charge is 0.481 e. The number of furan rings is 1. The predicted octanol–water partition coefficient (Wildman–Crippen LogP) is 1.60. The van der Waals surface area contributed by atoms with Gasteiger partial charge >= 0.3 is 0 Å². The summed E-state index contributed by atoms with van der Waals surface area (Å²) < 4.78 is 4.77. The molecule has 0 amide bonds. The van der Waals surface area contributed by atoms with Crippen LogP contribution in [0.1, 0.15) is 11.3 Å². The van der Waals surface area contributed by atoms with E-state index in [1.807, 2.05) is 13.8 Å². The van der Waals surface area contributed by atoms with Crippen molar-refractivity contribution in [1.82, 2.24) is 0 Å². The third-order valence-corrected chi connectivity index (χ3v) is 1.15. The molecular weight excluding hydrogens is 104 g/mol. The van der Waals surface area contributed by atoms with Gasteiger partial charge in [0.05, 0.1) is 0 Å². The van der Waals surface area contributed by atoms with Crippen LogP contribution in [0.3, 0.4) is 0 Å². The fraction of sp³-hybridized carbons (Fsp3) is 0.333. The van der Waals surface area contributed by atoms with Crippen LogP contribution in [-0.4, -0.2) is 5.11 Å². The van der Waals surface area contributed by atoms with E-state index >= 15 is 0 Å². The van der Waals surface area contributed by atoms with Gasteiger partial charge in [0, 0.05) is 6.07 Å². The van der Waals surface area contributed by atoms with E-state index in [1.165, 1.54) is 0 Å². The summed E-state index contributed by atoms with van der Waals surface area (Å²) in [4.78, 5) is 0. The Morgan fingerprint density at radius 3 is 2.25 bits per heavy atom. The molecule has 44 valence electrons. The summed E-state index contributed by atoms with van der Waals surface area (Å²) in [5.41, 5.74) is 0.988. The Bertz CT molecular complexity index is 169. The molecule has 1 N–H and O–H groups in total. The Morgan fingerprint density at radius 2 is 2.12 bits per heavy atom. The van der Waals surface area contributed by atoms with E-state index in [-0.39, 0.29) is 5.95 Å². The van der Waals surface area contributed by atoms with Crippen LogP contribution in [0.25, 0.3) is 0 Å². The Labute approximate surface area is 47.7 Å². The van der Waals surface area contributed by atoms with Crippen molar-refractivity contribution >= 4 is 0 Å². The summed E-state index contributed by atoms with van der Waals surface area (Å²) >= 11 is 0. The summed E-state index contributed by atoms with van der Waals surface area (Å²) in [7, 11) is 0. The smallest absolute Gasteiger partial charge is 0.282 e. The van der Waals surface area contributed by atoms with Gasteiger partial charge in [-0.25, -0.2) is 0 Å². The molecule has 1 aromatic heterocycles. The lowest BCUT2D eigenvalue weighted by Crippen LogP contribution is -1.63. The maximum absolute atomic E-state index is 8.67. The topological polar surface area (TPSA) is 33.4 Å². The van der Waals surface area contributed by atoms with Gasteiger partial charge in [0.2, 0.25) is 0 Å². The van der Waals surface area contributed by atoms with Gasteiger partial charge in [0.15, 0.2) is 0 Å².